The number of hydrogen-bond acceptors (Lipinski definition) is 2. The van der Waals surface area contributed by atoms with Gasteiger partial charge in [-0.25, -0.2) is 0 Å². The van der Waals surface area contributed by atoms with Crippen molar-refractivity contribution in [3.8, 4) is 5.75 Å². The molecule has 0 amide bonds. The number of ether oxygens (including phenoxy) is 1. The Balaban J connectivity index is 2.58. The maximum Gasteiger partial charge on any atom is 0.160 e. The first-order valence-electron chi connectivity index (χ1n) is 4.91. The van der Waals surface area contributed by atoms with Crippen LogP contribution in [0.3, 0.4) is 0 Å². The molecule has 1 aliphatic heterocycles. The maximum absolute atomic E-state index is 11.4. The fraction of sp³-hybridized carbons (Fsp3) is 0.417. The molecule has 2 nitrogen and oxygen atoms in total. The highest BCUT2D eigenvalue weighted by molar-refractivity contribution is 5.96. The van der Waals surface area contributed by atoms with Gasteiger partial charge in [0.1, 0.15) is 11.9 Å². The number of Topliss-reactive ketones (excluding diaryl/α,β-unsaturated/α-hetero) is 1. The van der Waals surface area contributed by atoms with Gasteiger partial charge in [0, 0.05) is 17.0 Å². The third-order valence-electron chi connectivity index (χ3n) is 2.92. The van der Waals surface area contributed by atoms with Gasteiger partial charge in [-0.15, -0.1) is 0 Å². The average Bonchev–Trinajstić information content (AvgIpc) is 2.43. The Morgan fingerprint density at radius 1 is 1.36 bits per heavy atom. The van der Waals surface area contributed by atoms with Crippen molar-refractivity contribution in [3.63, 3.8) is 0 Å². The molecule has 74 valence electrons. The van der Waals surface area contributed by atoms with Crippen LogP contribution in [-0.2, 0) is 0 Å². The SMILES string of the molecule is CC(=O)c1cccc2c1[C@@H](C)[C@@H](C)O2. The standard InChI is InChI=1S/C12H14O2/c1-7-9(3)14-11-6-4-5-10(8(2)13)12(7)11/h4-7,9H,1-3H3/t7-,9+/m0/s1. The fourth-order valence-corrected chi connectivity index (χ4v) is 1.96. The van der Waals surface area contributed by atoms with Crippen LogP contribution in [0, 0.1) is 0 Å². The summed E-state index contributed by atoms with van der Waals surface area (Å²) < 4.78 is 5.66. The van der Waals surface area contributed by atoms with Gasteiger partial charge in [-0.3, -0.25) is 4.79 Å². The molecule has 0 aromatic heterocycles. The summed E-state index contributed by atoms with van der Waals surface area (Å²) >= 11 is 0. The van der Waals surface area contributed by atoms with Crippen LogP contribution in [0.25, 0.3) is 0 Å². The Morgan fingerprint density at radius 3 is 2.71 bits per heavy atom. The number of carbonyl (C=O) groups excluding carboxylic acids is 1. The van der Waals surface area contributed by atoms with Gasteiger partial charge < -0.3 is 4.74 Å². The molecule has 0 spiro atoms. The van der Waals surface area contributed by atoms with E-state index in [1.54, 1.807) is 6.92 Å². The summed E-state index contributed by atoms with van der Waals surface area (Å²) in [6, 6.07) is 5.68. The van der Waals surface area contributed by atoms with Gasteiger partial charge in [-0.05, 0) is 19.9 Å². The second kappa shape index (κ2) is 3.12. The van der Waals surface area contributed by atoms with Crippen LogP contribution >= 0.6 is 0 Å². The number of carbonyl (C=O) groups is 1. The molecule has 0 fully saturated rings. The Bertz CT molecular complexity index is 382. The van der Waals surface area contributed by atoms with Crippen molar-refractivity contribution in [2.45, 2.75) is 32.8 Å². The van der Waals surface area contributed by atoms with Crippen LogP contribution in [0.5, 0.6) is 5.75 Å². The van der Waals surface area contributed by atoms with Gasteiger partial charge in [-0.2, -0.15) is 0 Å². The van der Waals surface area contributed by atoms with E-state index in [4.69, 9.17) is 4.74 Å². The zero-order valence-corrected chi connectivity index (χ0v) is 8.70. The van der Waals surface area contributed by atoms with E-state index in [-0.39, 0.29) is 11.9 Å². The first-order chi connectivity index (χ1) is 6.61. The van der Waals surface area contributed by atoms with E-state index in [0.717, 1.165) is 16.9 Å². The van der Waals surface area contributed by atoms with E-state index in [9.17, 15) is 4.79 Å². The van der Waals surface area contributed by atoms with Crippen LogP contribution in [0.4, 0.5) is 0 Å². The predicted molar refractivity (Wildman–Crippen MR) is 55.0 cm³/mol. The molecule has 0 N–H and O–H groups in total. The van der Waals surface area contributed by atoms with Crippen molar-refractivity contribution < 1.29 is 9.53 Å². The van der Waals surface area contributed by atoms with Crippen LogP contribution in [0.2, 0.25) is 0 Å². The maximum atomic E-state index is 11.4. The molecule has 0 radical (unpaired) electrons. The molecular formula is C12H14O2. The molecule has 1 aromatic rings. The third kappa shape index (κ3) is 1.22. The molecule has 2 heteroatoms. The highest BCUT2D eigenvalue weighted by Gasteiger charge is 2.30. The lowest BCUT2D eigenvalue weighted by Gasteiger charge is -2.09. The van der Waals surface area contributed by atoms with Gasteiger partial charge in [0.25, 0.3) is 0 Å². The molecule has 1 aromatic carbocycles. The van der Waals surface area contributed by atoms with Crippen LogP contribution in [-0.4, -0.2) is 11.9 Å². The van der Waals surface area contributed by atoms with Gasteiger partial charge in [-0.1, -0.05) is 19.1 Å². The minimum Gasteiger partial charge on any atom is -0.490 e. The molecule has 0 aliphatic carbocycles. The monoisotopic (exact) mass is 190 g/mol. The first-order valence-corrected chi connectivity index (χ1v) is 4.91. The van der Waals surface area contributed by atoms with Crippen LogP contribution < -0.4 is 4.74 Å². The quantitative estimate of drug-likeness (QED) is 0.636. The van der Waals surface area contributed by atoms with Gasteiger partial charge in [0.05, 0.1) is 0 Å². The molecule has 14 heavy (non-hydrogen) atoms. The van der Waals surface area contributed by atoms with Crippen molar-refractivity contribution >= 4 is 5.78 Å². The summed E-state index contributed by atoms with van der Waals surface area (Å²) in [7, 11) is 0. The summed E-state index contributed by atoms with van der Waals surface area (Å²) in [6.45, 7) is 5.74. The zero-order chi connectivity index (χ0) is 10.3. The molecule has 1 heterocycles. The second-order valence-corrected chi connectivity index (χ2v) is 3.89. The summed E-state index contributed by atoms with van der Waals surface area (Å²) in [6.07, 6.45) is 0.172. The molecule has 1 aliphatic rings. The van der Waals surface area contributed by atoms with E-state index in [1.807, 2.05) is 25.1 Å². The highest BCUT2D eigenvalue weighted by atomic mass is 16.5. The van der Waals surface area contributed by atoms with E-state index in [0.29, 0.717) is 5.92 Å². The topological polar surface area (TPSA) is 26.3 Å². The minimum absolute atomic E-state index is 0.117. The highest BCUT2D eigenvalue weighted by Crippen LogP contribution is 2.39. The van der Waals surface area contributed by atoms with Crippen molar-refractivity contribution in [1.82, 2.24) is 0 Å². The third-order valence-corrected chi connectivity index (χ3v) is 2.92. The van der Waals surface area contributed by atoms with E-state index < -0.39 is 0 Å². The summed E-state index contributed by atoms with van der Waals surface area (Å²) in [5.74, 6) is 1.30. The zero-order valence-electron chi connectivity index (χ0n) is 8.70. The number of benzene rings is 1. The lowest BCUT2D eigenvalue weighted by Crippen LogP contribution is -2.11. The molecule has 0 bridgehead atoms. The van der Waals surface area contributed by atoms with Gasteiger partial charge in [0.15, 0.2) is 5.78 Å². The second-order valence-electron chi connectivity index (χ2n) is 3.89. The molecular weight excluding hydrogens is 176 g/mol. The van der Waals surface area contributed by atoms with Gasteiger partial charge >= 0.3 is 0 Å². The van der Waals surface area contributed by atoms with Crippen LogP contribution in [0.1, 0.15) is 42.6 Å². The molecule has 0 saturated heterocycles. The summed E-state index contributed by atoms with van der Waals surface area (Å²) in [5.41, 5.74) is 1.88. The average molecular weight is 190 g/mol. The predicted octanol–water partition coefficient (Wildman–Crippen LogP) is 2.77. The number of rotatable bonds is 1. The summed E-state index contributed by atoms with van der Waals surface area (Å²) in [4.78, 5) is 11.4. The lowest BCUT2D eigenvalue weighted by molar-refractivity contribution is 0.101. The molecule has 2 atom stereocenters. The van der Waals surface area contributed by atoms with Gasteiger partial charge in [0.2, 0.25) is 0 Å². The Hall–Kier alpha value is -1.31. The number of ketones is 1. The number of fused-ring (bicyclic) bond motifs is 1. The Labute approximate surface area is 83.9 Å². The van der Waals surface area contributed by atoms with Crippen molar-refractivity contribution in [3.05, 3.63) is 29.3 Å². The molecule has 0 unspecified atom stereocenters. The smallest absolute Gasteiger partial charge is 0.160 e. The van der Waals surface area contributed by atoms with E-state index in [1.165, 1.54) is 0 Å². The van der Waals surface area contributed by atoms with Crippen molar-refractivity contribution in [1.29, 1.82) is 0 Å². The summed E-state index contributed by atoms with van der Waals surface area (Å²) in [5, 5.41) is 0. The van der Waals surface area contributed by atoms with E-state index >= 15 is 0 Å². The largest absolute Gasteiger partial charge is 0.490 e. The number of hydrogen-bond donors (Lipinski definition) is 0. The minimum atomic E-state index is 0.117. The molecule has 0 saturated carbocycles. The fourth-order valence-electron chi connectivity index (χ4n) is 1.96. The normalized spacial score (nSPS) is 24.2. The first kappa shape index (κ1) is 9.25. The Kier molecular flexibility index (Phi) is 2.06. The van der Waals surface area contributed by atoms with Crippen molar-refractivity contribution in [2.75, 3.05) is 0 Å². The van der Waals surface area contributed by atoms with Crippen LogP contribution in [0.15, 0.2) is 18.2 Å². The lowest BCUT2D eigenvalue weighted by atomic mass is 9.92. The molecule has 2 rings (SSSR count). The Morgan fingerprint density at radius 2 is 2.07 bits per heavy atom. The van der Waals surface area contributed by atoms with Crippen molar-refractivity contribution in [2.24, 2.45) is 0 Å². The van der Waals surface area contributed by atoms with E-state index in [2.05, 4.69) is 6.92 Å².